The highest BCUT2D eigenvalue weighted by molar-refractivity contribution is 4.93. The summed E-state index contributed by atoms with van der Waals surface area (Å²) in [5.41, 5.74) is 0.248. The van der Waals surface area contributed by atoms with Crippen LogP contribution >= 0.6 is 0 Å². The highest BCUT2D eigenvalue weighted by Gasteiger charge is 2.43. The van der Waals surface area contributed by atoms with Gasteiger partial charge in [-0.15, -0.1) is 0 Å². The van der Waals surface area contributed by atoms with Crippen molar-refractivity contribution in [2.75, 3.05) is 0 Å². The minimum atomic E-state index is 0.248. The predicted octanol–water partition coefficient (Wildman–Crippen LogP) is 2.99. The van der Waals surface area contributed by atoms with E-state index in [4.69, 9.17) is 4.74 Å². The summed E-state index contributed by atoms with van der Waals surface area (Å²) in [6.07, 6.45) is 5.80. The average molecular weight is 168 g/mol. The van der Waals surface area contributed by atoms with E-state index in [9.17, 15) is 0 Å². The molecule has 0 amide bonds. The molecular weight excluding hydrogens is 148 g/mol. The number of fused-ring (bicyclic) bond motifs is 2. The lowest BCUT2D eigenvalue weighted by atomic mass is 9.81. The van der Waals surface area contributed by atoms with Gasteiger partial charge in [0.05, 0.1) is 11.7 Å². The van der Waals surface area contributed by atoms with Gasteiger partial charge in [-0.3, -0.25) is 0 Å². The van der Waals surface area contributed by atoms with Gasteiger partial charge in [0.2, 0.25) is 0 Å². The minimum Gasteiger partial charge on any atom is -0.372 e. The average Bonchev–Trinajstić information content (AvgIpc) is 2.25. The van der Waals surface area contributed by atoms with Crippen LogP contribution in [0.15, 0.2) is 0 Å². The maximum atomic E-state index is 5.97. The lowest BCUT2D eigenvalue weighted by Gasteiger charge is -2.37. The lowest BCUT2D eigenvalue weighted by molar-refractivity contribution is -0.0925. The third-order valence-electron chi connectivity index (χ3n) is 3.65. The summed E-state index contributed by atoms with van der Waals surface area (Å²) in [5, 5.41) is 0. The minimum absolute atomic E-state index is 0.248. The second-order valence-corrected chi connectivity index (χ2v) is 5.17. The summed E-state index contributed by atoms with van der Waals surface area (Å²) in [7, 11) is 0. The molecule has 0 aromatic rings. The Bertz CT molecular complexity index is 176. The van der Waals surface area contributed by atoms with Crippen molar-refractivity contribution >= 4 is 0 Å². The fourth-order valence-electron chi connectivity index (χ4n) is 2.79. The Morgan fingerprint density at radius 1 is 1.42 bits per heavy atom. The molecule has 2 heterocycles. The van der Waals surface area contributed by atoms with Crippen molar-refractivity contribution in [2.24, 2.45) is 11.8 Å². The highest BCUT2D eigenvalue weighted by atomic mass is 16.5. The SMILES string of the molecule is CC(C)C1CC2CCC(C)(C1)O2. The Kier molecular flexibility index (Phi) is 1.95. The zero-order chi connectivity index (χ0) is 8.77. The van der Waals surface area contributed by atoms with Crippen molar-refractivity contribution in [3.8, 4) is 0 Å². The van der Waals surface area contributed by atoms with Crippen LogP contribution < -0.4 is 0 Å². The maximum Gasteiger partial charge on any atom is 0.0662 e. The van der Waals surface area contributed by atoms with Crippen molar-refractivity contribution in [3.63, 3.8) is 0 Å². The molecule has 2 saturated heterocycles. The van der Waals surface area contributed by atoms with Gasteiger partial charge in [-0.2, -0.15) is 0 Å². The Balaban J connectivity index is 2.06. The Morgan fingerprint density at radius 3 is 2.75 bits per heavy atom. The molecule has 3 unspecified atom stereocenters. The summed E-state index contributed by atoms with van der Waals surface area (Å²) in [6, 6.07) is 0. The van der Waals surface area contributed by atoms with Gasteiger partial charge < -0.3 is 4.74 Å². The van der Waals surface area contributed by atoms with Crippen molar-refractivity contribution in [1.82, 2.24) is 0 Å². The third-order valence-corrected chi connectivity index (χ3v) is 3.65. The van der Waals surface area contributed by atoms with E-state index in [1.54, 1.807) is 0 Å². The summed E-state index contributed by atoms with van der Waals surface area (Å²) in [6.45, 7) is 6.99. The van der Waals surface area contributed by atoms with Crippen molar-refractivity contribution in [1.29, 1.82) is 0 Å². The predicted molar refractivity (Wildman–Crippen MR) is 50.1 cm³/mol. The van der Waals surface area contributed by atoms with Gasteiger partial charge in [0.25, 0.3) is 0 Å². The molecule has 70 valence electrons. The number of hydrogen-bond acceptors (Lipinski definition) is 1. The van der Waals surface area contributed by atoms with Gasteiger partial charge in [0.1, 0.15) is 0 Å². The molecular formula is C11H20O. The molecule has 12 heavy (non-hydrogen) atoms. The second-order valence-electron chi connectivity index (χ2n) is 5.17. The molecule has 0 aliphatic carbocycles. The monoisotopic (exact) mass is 168 g/mol. The van der Waals surface area contributed by atoms with E-state index in [0.29, 0.717) is 6.10 Å². The first kappa shape index (κ1) is 8.55. The zero-order valence-corrected chi connectivity index (χ0v) is 8.47. The van der Waals surface area contributed by atoms with Crippen LogP contribution in [0.2, 0.25) is 0 Å². The van der Waals surface area contributed by atoms with Crippen molar-refractivity contribution in [3.05, 3.63) is 0 Å². The van der Waals surface area contributed by atoms with Crippen LogP contribution in [0, 0.1) is 11.8 Å². The highest BCUT2D eigenvalue weighted by Crippen LogP contribution is 2.45. The molecule has 2 bridgehead atoms. The van der Waals surface area contributed by atoms with Crippen LogP contribution in [-0.2, 0) is 4.74 Å². The van der Waals surface area contributed by atoms with Crippen molar-refractivity contribution < 1.29 is 4.74 Å². The van der Waals surface area contributed by atoms with Crippen LogP contribution in [0.4, 0.5) is 0 Å². The van der Waals surface area contributed by atoms with Gasteiger partial charge in [-0.1, -0.05) is 13.8 Å². The van der Waals surface area contributed by atoms with Crippen molar-refractivity contribution in [2.45, 2.75) is 58.2 Å². The number of rotatable bonds is 1. The molecule has 0 saturated carbocycles. The molecule has 0 N–H and O–H groups in total. The van der Waals surface area contributed by atoms with Gasteiger partial charge >= 0.3 is 0 Å². The molecule has 1 nitrogen and oxygen atoms in total. The quantitative estimate of drug-likeness (QED) is 0.585. The Labute approximate surface area is 75.5 Å². The van der Waals surface area contributed by atoms with Gasteiger partial charge in [0.15, 0.2) is 0 Å². The van der Waals surface area contributed by atoms with Gasteiger partial charge in [-0.05, 0) is 44.4 Å². The molecule has 2 fully saturated rings. The fourth-order valence-corrected chi connectivity index (χ4v) is 2.79. The van der Waals surface area contributed by atoms with E-state index in [0.717, 1.165) is 11.8 Å². The summed E-state index contributed by atoms with van der Waals surface area (Å²) >= 11 is 0. The first-order valence-corrected chi connectivity index (χ1v) is 5.27. The van der Waals surface area contributed by atoms with Gasteiger partial charge in [-0.25, -0.2) is 0 Å². The third kappa shape index (κ3) is 1.39. The summed E-state index contributed by atoms with van der Waals surface area (Å²) in [5.74, 6) is 1.75. The summed E-state index contributed by atoms with van der Waals surface area (Å²) in [4.78, 5) is 0. The van der Waals surface area contributed by atoms with E-state index < -0.39 is 0 Å². The van der Waals surface area contributed by atoms with E-state index >= 15 is 0 Å². The van der Waals surface area contributed by atoms with E-state index in [2.05, 4.69) is 20.8 Å². The fraction of sp³-hybridized carbons (Fsp3) is 1.00. The first-order chi connectivity index (χ1) is 5.59. The molecule has 2 rings (SSSR count). The Hall–Kier alpha value is -0.0400. The molecule has 0 spiro atoms. The normalized spacial score (nSPS) is 47.0. The van der Waals surface area contributed by atoms with Crippen LogP contribution in [0.1, 0.15) is 46.5 Å². The molecule has 2 aliphatic heterocycles. The first-order valence-electron chi connectivity index (χ1n) is 5.27. The van der Waals surface area contributed by atoms with Crippen LogP contribution in [0.25, 0.3) is 0 Å². The van der Waals surface area contributed by atoms with Crippen LogP contribution in [-0.4, -0.2) is 11.7 Å². The van der Waals surface area contributed by atoms with E-state index in [1.807, 2.05) is 0 Å². The molecule has 3 atom stereocenters. The Morgan fingerprint density at radius 2 is 2.17 bits per heavy atom. The lowest BCUT2D eigenvalue weighted by Crippen LogP contribution is -2.36. The van der Waals surface area contributed by atoms with E-state index in [-0.39, 0.29) is 5.60 Å². The maximum absolute atomic E-state index is 5.97. The van der Waals surface area contributed by atoms with Crippen LogP contribution in [0.5, 0.6) is 0 Å². The largest absolute Gasteiger partial charge is 0.372 e. The molecule has 1 heteroatoms. The second kappa shape index (κ2) is 2.73. The standard InChI is InChI=1S/C11H20O/c1-8(2)9-6-10-4-5-11(3,7-9)12-10/h8-10H,4-7H2,1-3H3. The number of ether oxygens (including phenoxy) is 1. The molecule has 0 aromatic carbocycles. The molecule has 0 aromatic heterocycles. The molecule has 0 radical (unpaired) electrons. The smallest absolute Gasteiger partial charge is 0.0662 e. The zero-order valence-electron chi connectivity index (χ0n) is 8.47. The topological polar surface area (TPSA) is 9.23 Å². The number of hydrogen-bond donors (Lipinski definition) is 0. The van der Waals surface area contributed by atoms with Crippen LogP contribution in [0.3, 0.4) is 0 Å². The molecule has 2 aliphatic rings. The summed E-state index contributed by atoms with van der Waals surface area (Å²) < 4.78 is 5.97. The van der Waals surface area contributed by atoms with E-state index in [1.165, 1.54) is 25.7 Å². The van der Waals surface area contributed by atoms with Gasteiger partial charge in [0, 0.05) is 0 Å².